The van der Waals surface area contributed by atoms with Crippen LogP contribution in [0.1, 0.15) is 84.0 Å². The fourth-order valence-electron chi connectivity index (χ4n) is 3.00. The van der Waals surface area contributed by atoms with Crippen LogP contribution in [0.15, 0.2) is 0 Å². The third kappa shape index (κ3) is 9.79. The van der Waals surface area contributed by atoms with Gasteiger partial charge in [0.25, 0.3) is 0 Å². The molecule has 114 valence electrons. The van der Waals surface area contributed by atoms with E-state index in [0.717, 1.165) is 18.8 Å². The molecule has 1 aliphatic heterocycles. The molecule has 1 atom stereocenters. The van der Waals surface area contributed by atoms with Crippen molar-refractivity contribution in [3.63, 3.8) is 0 Å². The van der Waals surface area contributed by atoms with E-state index < -0.39 is 0 Å². The lowest BCUT2D eigenvalue weighted by molar-refractivity contribution is 0.127. The van der Waals surface area contributed by atoms with E-state index in [0.29, 0.717) is 0 Å². The van der Waals surface area contributed by atoms with Gasteiger partial charge in [-0.25, -0.2) is 0 Å². The number of unbranched alkanes of at least 4 members (excludes halogenated alkanes) is 7. The first kappa shape index (κ1) is 17.4. The van der Waals surface area contributed by atoms with Gasteiger partial charge in [-0.05, 0) is 43.1 Å². The van der Waals surface area contributed by atoms with E-state index in [1.165, 1.54) is 75.7 Å². The van der Waals surface area contributed by atoms with E-state index in [4.69, 9.17) is 0 Å². The van der Waals surface area contributed by atoms with Gasteiger partial charge in [0.1, 0.15) is 0 Å². The van der Waals surface area contributed by atoms with E-state index in [1.807, 2.05) is 0 Å². The van der Waals surface area contributed by atoms with Gasteiger partial charge in [0.15, 0.2) is 0 Å². The van der Waals surface area contributed by atoms with Crippen LogP contribution in [0.5, 0.6) is 0 Å². The van der Waals surface area contributed by atoms with Crippen molar-refractivity contribution in [2.45, 2.75) is 90.1 Å². The summed E-state index contributed by atoms with van der Waals surface area (Å²) >= 11 is 2.08. The van der Waals surface area contributed by atoms with Gasteiger partial charge in [-0.3, -0.25) is 0 Å². The molecule has 0 spiro atoms. The van der Waals surface area contributed by atoms with E-state index in [9.17, 15) is 5.11 Å². The van der Waals surface area contributed by atoms with Crippen molar-refractivity contribution in [1.29, 1.82) is 0 Å². The Kier molecular flexibility index (Phi) is 11.0. The summed E-state index contributed by atoms with van der Waals surface area (Å²) in [7, 11) is 0. The van der Waals surface area contributed by atoms with Crippen LogP contribution in [0, 0.1) is 5.92 Å². The van der Waals surface area contributed by atoms with Crippen LogP contribution in [0.2, 0.25) is 0 Å². The van der Waals surface area contributed by atoms with E-state index in [2.05, 4.69) is 18.7 Å². The van der Waals surface area contributed by atoms with Crippen molar-refractivity contribution >= 4 is 11.8 Å². The van der Waals surface area contributed by atoms with Crippen LogP contribution in [0.3, 0.4) is 0 Å². The lowest BCUT2D eigenvalue weighted by Gasteiger charge is -2.23. The molecular weight excluding hydrogens is 252 g/mol. The molecule has 0 amide bonds. The standard InChI is InChI=1S/C17H34OS/c1-2-3-4-5-6-7-8-9-10-17(18)15-16-11-13-19-14-12-16/h16-18H,2-15H2,1H3. The summed E-state index contributed by atoms with van der Waals surface area (Å²) in [5.41, 5.74) is 0. The van der Waals surface area contributed by atoms with Gasteiger partial charge in [-0.2, -0.15) is 11.8 Å². The Morgan fingerprint density at radius 3 is 2.16 bits per heavy atom. The molecule has 1 heterocycles. The van der Waals surface area contributed by atoms with Crippen molar-refractivity contribution in [3.05, 3.63) is 0 Å². The lowest BCUT2D eigenvalue weighted by Crippen LogP contribution is -2.17. The van der Waals surface area contributed by atoms with Crippen molar-refractivity contribution in [3.8, 4) is 0 Å². The first-order chi connectivity index (χ1) is 9.33. The monoisotopic (exact) mass is 286 g/mol. The predicted octanol–water partition coefficient (Wildman–Crippen LogP) is 5.41. The number of aliphatic hydroxyl groups excluding tert-OH is 1. The molecule has 1 fully saturated rings. The van der Waals surface area contributed by atoms with Gasteiger partial charge in [-0.15, -0.1) is 0 Å². The SMILES string of the molecule is CCCCCCCCCCC(O)CC1CCSCC1. The highest BCUT2D eigenvalue weighted by Gasteiger charge is 2.17. The zero-order chi connectivity index (χ0) is 13.8. The molecule has 1 N–H and O–H groups in total. The van der Waals surface area contributed by atoms with Gasteiger partial charge in [-0.1, -0.05) is 58.3 Å². The molecule has 0 aromatic rings. The average molecular weight is 287 g/mol. The second-order valence-corrected chi connectivity index (χ2v) is 7.43. The van der Waals surface area contributed by atoms with Gasteiger partial charge >= 0.3 is 0 Å². The summed E-state index contributed by atoms with van der Waals surface area (Å²) in [6.07, 6.45) is 15.6. The van der Waals surface area contributed by atoms with E-state index in [1.54, 1.807) is 0 Å². The molecule has 0 radical (unpaired) electrons. The van der Waals surface area contributed by atoms with Crippen molar-refractivity contribution in [2.75, 3.05) is 11.5 Å². The van der Waals surface area contributed by atoms with Crippen molar-refractivity contribution in [2.24, 2.45) is 5.92 Å². The molecule has 19 heavy (non-hydrogen) atoms. The molecule has 1 nitrogen and oxygen atoms in total. The maximum atomic E-state index is 10.1. The molecule has 0 aromatic heterocycles. The molecule has 0 saturated carbocycles. The first-order valence-electron chi connectivity index (χ1n) is 8.58. The van der Waals surface area contributed by atoms with Gasteiger partial charge in [0, 0.05) is 0 Å². The minimum Gasteiger partial charge on any atom is -0.393 e. The van der Waals surface area contributed by atoms with E-state index in [-0.39, 0.29) is 6.10 Å². The molecule has 0 aromatic carbocycles. The molecule has 1 unspecified atom stereocenters. The summed E-state index contributed by atoms with van der Waals surface area (Å²) in [5, 5.41) is 10.1. The Balaban J connectivity index is 1.85. The molecule has 1 saturated heterocycles. The molecule has 1 rings (SSSR count). The Hall–Kier alpha value is 0.310. The Bertz CT molecular complexity index is 190. The summed E-state index contributed by atoms with van der Waals surface area (Å²) in [6, 6.07) is 0. The molecule has 2 heteroatoms. The number of rotatable bonds is 11. The van der Waals surface area contributed by atoms with Crippen molar-refractivity contribution < 1.29 is 5.11 Å². The smallest absolute Gasteiger partial charge is 0.0542 e. The second-order valence-electron chi connectivity index (χ2n) is 6.21. The normalized spacial score (nSPS) is 18.6. The average Bonchev–Trinajstić information content (AvgIpc) is 2.43. The zero-order valence-electron chi connectivity index (χ0n) is 12.9. The van der Waals surface area contributed by atoms with Gasteiger partial charge < -0.3 is 5.11 Å². The summed E-state index contributed by atoms with van der Waals surface area (Å²) in [6.45, 7) is 2.27. The third-order valence-corrected chi connectivity index (χ3v) is 5.39. The van der Waals surface area contributed by atoms with Gasteiger partial charge in [0.2, 0.25) is 0 Å². The quantitative estimate of drug-likeness (QED) is 0.512. The second kappa shape index (κ2) is 12.1. The summed E-state index contributed by atoms with van der Waals surface area (Å²) in [4.78, 5) is 0. The highest BCUT2D eigenvalue weighted by atomic mass is 32.2. The Labute approximate surface area is 124 Å². The molecular formula is C17H34OS. The summed E-state index contributed by atoms with van der Waals surface area (Å²) < 4.78 is 0. The minimum atomic E-state index is -0.0202. The summed E-state index contributed by atoms with van der Waals surface area (Å²) in [5.74, 6) is 3.44. The van der Waals surface area contributed by atoms with Crippen molar-refractivity contribution in [1.82, 2.24) is 0 Å². The van der Waals surface area contributed by atoms with Gasteiger partial charge in [0.05, 0.1) is 6.10 Å². The molecule has 0 aliphatic carbocycles. The van der Waals surface area contributed by atoms with E-state index >= 15 is 0 Å². The van der Waals surface area contributed by atoms with Crippen LogP contribution >= 0.6 is 11.8 Å². The molecule has 0 bridgehead atoms. The zero-order valence-corrected chi connectivity index (χ0v) is 13.7. The lowest BCUT2D eigenvalue weighted by atomic mass is 9.93. The van der Waals surface area contributed by atoms with Crippen LogP contribution in [-0.4, -0.2) is 22.7 Å². The first-order valence-corrected chi connectivity index (χ1v) is 9.74. The van der Waals surface area contributed by atoms with Crippen LogP contribution in [0.25, 0.3) is 0 Å². The highest BCUT2D eigenvalue weighted by Crippen LogP contribution is 2.27. The van der Waals surface area contributed by atoms with Crippen LogP contribution in [0.4, 0.5) is 0 Å². The number of thioether (sulfide) groups is 1. The maximum Gasteiger partial charge on any atom is 0.0542 e. The number of aliphatic hydroxyl groups is 1. The largest absolute Gasteiger partial charge is 0.393 e. The highest BCUT2D eigenvalue weighted by molar-refractivity contribution is 7.99. The van der Waals surface area contributed by atoms with Crippen LogP contribution < -0.4 is 0 Å². The number of hydrogen-bond donors (Lipinski definition) is 1. The predicted molar refractivity (Wildman–Crippen MR) is 87.9 cm³/mol. The number of hydrogen-bond acceptors (Lipinski definition) is 2. The Morgan fingerprint density at radius 1 is 0.947 bits per heavy atom. The third-order valence-electron chi connectivity index (χ3n) is 4.34. The van der Waals surface area contributed by atoms with Crippen LogP contribution in [-0.2, 0) is 0 Å². The Morgan fingerprint density at radius 2 is 1.53 bits per heavy atom. The maximum absolute atomic E-state index is 10.1. The fourth-order valence-corrected chi connectivity index (χ4v) is 4.20. The fraction of sp³-hybridized carbons (Fsp3) is 1.00. The topological polar surface area (TPSA) is 20.2 Å². The minimum absolute atomic E-state index is 0.0202. The molecule has 1 aliphatic rings.